The average molecular weight is 1620 g/mol. The predicted molar refractivity (Wildman–Crippen MR) is 472 cm³/mol. The van der Waals surface area contributed by atoms with Crippen LogP contribution in [0.1, 0.15) is 342 Å². The van der Waals surface area contributed by atoms with Gasteiger partial charge in [0.25, 0.3) is 0 Å². The molecule has 0 fully saturated rings. The number of carbonyl (C=O) groups is 3. The number of carbonyl (C=O) groups excluding carboxylic acids is 3. The molecule has 0 radical (unpaired) electrons. The summed E-state index contributed by atoms with van der Waals surface area (Å²) in [5, 5.41) is 20.7. The van der Waals surface area contributed by atoms with Gasteiger partial charge in [-0.15, -0.1) is 0 Å². The van der Waals surface area contributed by atoms with Gasteiger partial charge in [0.15, 0.2) is 6.10 Å². The maximum absolute atomic E-state index is 13.0. The number of ether oxygens (including phenoxy) is 3. The van der Waals surface area contributed by atoms with Crippen LogP contribution >= 0.6 is 15.6 Å². The molecule has 0 rings (SSSR count). The highest BCUT2D eigenvalue weighted by Gasteiger charge is 2.29. The number of allylic oxidation sites excluding steroid dienone is 30. The van der Waals surface area contributed by atoms with Crippen LogP contribution in [0, 0.1) is 0 Å². The van der Waals surface area contributed by atoms with Crippen molar-refractivity contribution < 1.29 is 75.8 Å². The van der Waals surface area contributed by atoms with E-state index in [-0.39, 0.29) is 19.3 Å². The Hall–Kier alpha value is -5.35. The van der Waals surface area contributed by atoms with Gasteiger partial charge in [-0.1, -0.05) is 357 Å². The Morgan fingerprint density at radius 3 is 0.779 bits per heavy atom. The Labute approximate surface area is 687 Å². The predicted octanol–water partition coefficient (Wildman–Crippen LogP) is 26.9. The number of rotatable bonds is 82. The number of hydrogen-bond donors (Lipinski definition) is 4. The maximum Gasteiger partial charge on any atom is 0.472 e. The maximum atomic E-state index is 13.0. The molecule has 113 heavy (non-hydrogen) atoms. The molecule has 0 aromatic rings. The zero-order chi connectivity index (χ0) is 82.2. The molecule has 18 heteroatoms. The molecule has 0 saturated carbocycles. The van der Waals surface area contributed by atoms with E-state index in [2.05, 4.69) is 185 Å². The molecule has 0 aliphatic carbocycles. The van der Waals surface area contributed by atoms with Gasteiger partial charge in [-0.25, -0.2) is 9.13 Å². The lowest BCUT2D eigenvalue weighted by atomic mass is 10.0. The van der Waals surface area contributed by atoms with E-state index in [0.717, 1.165) is 141 Å². The fourth-order valence-corrected chi connectivity index (χ4v) is 13.1. The van der Waals surface area contributed by atoms with E-state index in [1.54, 1.807) is 0 Å². The molecule has 5 atom stereocenters. The fourth-order valence-electron chi connectivity index (χ4n) is 11.5. The lowest BCUT2D eigenvalue weighted by Gasteiger charge is -2.21. The molecule has 644 valence electrons. The van der Waals surface area contributed by atoms with Crippen LogP contribution < -0.4 is 0 Å². The van der Waals surface area contributed by atoms with Crippen molar-refractivity contribution in [3.63, 3.8) is 0 Å². The van der Waals surface area contributed by atoms with Gasteiger partial charge in [-0.3, -0.25) is 32.5 Å². The van der Waals surface area contributed by atoms with Gasteiger partial charge in [0.2, 0.25) is 0 Å². The number of hydrogen-bond acceptors (Lipinski definition) is 14. The van der Waals surface area contributed by atoms with Crippen LogP contribution in [0.5, 0.6) is 0 Å². The molecule has 0 saturated heterocycles. The van der Waals surface area contributed by atoms with Gasteiger partial charge in [0.1, 0.15) is 25.4 Å². The van der Waals surface area contributed by atoms with E-state index in [1.807, 2.05) is 18.2 Å². The third-order valence-corrected chi connectivity index (χ3v) is 20.0. The molecule has 0 aliphatic rings. The van der Waals surface area contributed by atoms with E-state index < -0.39 is 91.5 Å². The Morgan fingerprint density at radius 2 is 0.487 bits per heavy atom. The minimum absolute atomic E-state index is 0.0258. The zero-order valence-electron chi connectivity index (χ0n) is 70.7. The minimum Gasteiger partial charge on any atom is -0.463 e. The van der Waals surface area contributed by atoms with Crippen LogP contribution in [0.2, 0.25) is 0 Å². The molecule has 0 spiro atoms. The Morgan fingerprint density at radius 1 is 0.257 bits per heavy atom. The molecule has 0 aliphatic heterocycles. The first-order valence-corrected chi connectivity index (χ1v) is 47.1. The summed E-state index contributed by atoms with van der Waals surface area (Å²) in [7, 11) is -9.84. The first-order chi connectivity index (χ1) is 55.2. The van der Waals surface area contributed by atoms with Crippen LogP contribution in [-0.2, 0) is 55.8 Å². The van der Waals surface area contributed by atoms with Gasteiger partial charge >= 0.3 is 33.6 Å². The number of phosphoric ester groups is 2. The van der Waals surface area contributed by atoms with E-state index in [4.69, 9.17) is 32.3 Å². The third-order valence-electron chi connectivity index (χ3n) is 18.1. The normalized spacial score (nSPS) is 14.7. The molecule has 0 heterocycles. The fraction of sp³-hybridized carbons (Fsp3) is 0.653. The summed E-state index contributed by atoms with van der Waals surface area (Å²) in [5.41, 5.74) is 0. The summed E-state index contributed by atoms with van der Waals surface area (Å²) in [6, 6.07) is 0. The molecular formula is C95H158O16P2. The number of aliphatic hydroxyl groups is 2. The highest BCUT2D eigenvalue weighted by atomic mass is 31.2. The molecule has 16 nitrogen and oxygen atoms in total. The molecule has 0 bridgehead atoms. The van der Waals surface area contributed by atoms with Gasteiger partial charge in [0, 0.05) is 19.3 Å². The number of phosphoric acid groups is 2. The van der Waals surface area contributed by atoms with E-state index in [0.29, 0.717) is 25.7 Å². The van der Waals surface area contributed by atoms with Crippen molar-refractivity contribution in [2.75, 3.05) is 39.6 Å². The second-order valence-electron chi connectivity index (χ2n) is 28.9. The van der Waals surface area contributed by atoms with Crippen LogP contribution in [0.4, 0.5) is 0 Å². The van der Waals surface area contributed by atoms with Crippen LogP contribution in [0.3, 0.4) is 0 Å². The second kappa shape index (κ2) is 86.0. The van der Waals surface area contributed by atoms with Crippen molar-refractivity contribution in [2.24, 2.45) is 0 Å². The number of aliphatic hydroxyl groups excluding tert-OH is 2. The average Bonchev–Trinajstić information content (AvgIpc) is 0.899. The van der Waals surface area contributed by atoms with Crippen LogP contribution in [-0.4, -0.2) is 95.9 Å². The highest BCUT2D eigenvalue weighted by molar-refractivity contribution is 7.47. The lowest BCUT2D eigenvalue weighted by molar-refractivity contribution is -0.161. The Bertz CT molecular complexity index is 2780. The standard InChI is InChI=1S/C95H158O16P2/c1-4-7-10-13-16-19-22-25-28-31-34-36-38-40-42-44-46-48-50-52-55-57-60-63-66-69-72-75-78-81-93(98)105-84-90(96)85-107-112(101,102)108-86-91(97)87-109-113(103,104)110-89-92(111-95(100)83-80-77-74-71-68-65-62-59-54-33-30-27-24-21-18-15-12-9-6-3)88-106-94(99)82-79-76-73-70-67-64-61-58-56-53-51-49-47-45-43-41-39-37-35-32-29-26-23-20-17-14-11-8-5-2/h7,9-10,12,16-21,25-30,34-37,40-43,54,59,65,68,74,77,90-92,96-97H,4-6,8,11,13-15,22-24,31-33,38-39,44-53,55-58,60-64,66-67,69-73,75-76,78-89H2,1-3H3,(H,101,102)(H,103,104)/b10-7-,12-9-,19-16-,20-17-,21-18-,28-25-,29-26-,30-27-,36-34-,37-35-,42-40-,43-41-,59-54-,68-65-,77-74-. The van der Waals surface area contributed by atoms with Gasteiger partial charge < -0.3 is 34.2 Å². The van der Waals surface area contributed by atoms with Crippen molar-refractivity contribution in [3.05, 3.63) is 182 Å². The molecular weight excluding hydrogens is 1460 g/mol. The van der Waals surface area contributed by atoms with Gasteiger partial charge in [0.05, 0.1) is 26.4 Å². The van der Waals surface area contributed by atoms with Gasteiger partial charge in [-0.05, 0) is 148 Å². The van der Waals surface area contributed by atoms with E-state index in [9.17, 15) is 43.5 Å². The Kier molecular flexibility index (Phi) is 81.9. The molecule has 4 N–H and O–H groups in total. The van der Waals surface area contributed by atoms with Crippen molar-refractivity contribution in [3.8, 4) is 0 Å². The lowest BCUT2D eigenvalue weighted by Crippen LogP contribution is -2.29. The Balaban J connectivity index is 4.64. The van der Waals surface area contributed by atoms with Crippen LogP contribution in [0.25, 0.3) is 0 Å². The van der Waals surface area contributed by atoms with Crippen molar-refractivity contribution in [1.29, 1.82) is 0 Å². The van der Waals surface area contributed by atoms with Crippen molar-refractivity contribution >= 4 is 33.6 Å². The van der Waals surface area contributed by atoms with E-state index in [1.165, 1.54) is 135 Å². The third kappa shape index (κ3) is 87.3. The van der Waals surface area contributed by atoms with Gasteiger partial charge in [-0.2, -0.15) is 0 Å². The summed E-state index contributed by atoms with van der Waals surface area (Å²) in [4.78, 5) is 58.9. The SMILES string of the molecule is CC/C=C\C/C=C\C/C=C\C/C=C\C/C=C\C/C=C\CCC(=O)OC(COC(=O)CCCCCCCCCCCCCCC/C=C\C/C=C\C/C=C\C/C=C\CCCCC)COP(=O)(O)OCC(O)COP(=O)(O)OCC(O)COC(=O)CCCCCCCCCCCCCCC/C=C\C/C=C\C/C=C\C/C=C\C/C=C\CC. The highest BCUT2D eigenvalue weighted by Crippen LogP contribution is 2.45. The minimum atomic E-state index is -4.96. The smallest absolute Gasteiger partial charge is 0.463 e. The molecule has 5 unspecified atom stereocenters. The zero-order valence-corrected chi connectivity index (χ0v) is 72.5. The summed E-state index contributed by atoms with van der Waals surface area (Å²) >= 11 is 0. The summed E-state index contributed by atoms with van der Waals surface area (Å²) in [6.45, 7) is 2.35. The number of unbranched alkanes of at least 4 members (excludes halogenated alkanes) is 29. The summed E-state index contributed by atoms with van der Waals surface area (Å²) in [5.74, 6) is -1.68. The van der Waals surface area contributed by atoms with Crippen molar-refractivity contribution in [2.45, 2.75) is 360 Å². The monoisotopic (exact) mass is 1620 g/mol. The molecule has 0 amide bonds. The number of esters is 3. The topological polar surface area (TPSA) is 231 Å². The first-order valence-electron chi connectivity index (χ1n) is 44.1. The van der Waals surface area contributed by atoms with Crippen LogP contribution in [0.15, 0.2) is 182 Å². The molecule has 0 aromatic carbocycles. The van der Waals surface area contributed by atoms with Crippen molar-refractivity contribution in [1.82, 2.24) is 0 Å². The summed E-state index contributed by atoms with van der Waals surface area (Å²) < 4.78 is 61.3. The second-order valence-corrected chi connectivity index (χ2v) is 31.8. The summed E-state index contributed by atoms with van der Waals surface area (Å²) in [6.07, 6.45) is 112. The van der Waals surface area contributed by atoms with E-state index >= 15 is 0 Å². The largest absolute Gasteiger partial charge is 0.472 e. The first kappa shape index (κ1) is 108. The quantitative estimate of drug-likeness (QED) is 0.0146. The molecule has 0 aromatic heterocycles.